The van der Waals surface area contributed by atoms with Crippen LogP contribution in [0.4, 0.5) is 0 Å². The fourth-order valence-corrected chi connectivity index (χ4v) is 1.98. The van der Waals surface area contributed by atoms with Crippen molar-refractivity contribution >= 4 is 16.9 Å². The number of hydrogen-bond donors (Lipinski definition) is 2. The van der Waals surface area contributed by atoms with Gasteiger partial charge in [-0.3, -0.25) is 4.79 Å². The smallest absolute Gasteiger partial charge is 0.185 e. The molecule has 0 spiro atoms. The zero-order chi connectivity index (χ0) is 12.1. The van der Waals surface area contributed by atoms with Crippen LogP contribution in [-0.4, -0.2) is 36.7 Å². The summed E-state index contributed by atoms with van der Waals surface area (Å²) in [7, 11) is 1.75. The van der Waals surface area contributed by atoms with E-state index in [0.717, 1.165) is 11.8 Å². The van der Waals surface area contributed by atoms with E-state index in [4.69, 9.17) is 0 Å². The third-order valence-electron chi connectivity index (χ3n) is 2.24. The Morgan fingerprint density at radius 3 is 2.81 bits per heavy atom. The lowest BCUT2D eigenvalue weighted by molar-refractivity contribution is -0.109. The number of aryl methyl sites for hydroxylation is 1. The molecule has 0 aliphatic heterocycles. The molecular weight excluding hydrogens is 228 g/mol. The van der Waals surface area contributed by atoms with E-state index in [1.807, 2.05) is 0 Å². The summed E-state index contributed by atoms with van der Waals surface area (Å²) in [5.74, 6) is 0.505. The van der Waals surface area contributed by atoms with E-state index in [-0.39, 0.29) is 5.12 Å². The first-order valence-electron chi connectivity index (χ1n) is 4.98. The molecule has 0 bridgehead atoms. The summed E-state index contributed by atoms with van der Waals surface area (Å²) in [6.45, 7) is 1.48. The van der Waals surface area contributed by atoms with E-state index in [1.54, 1.807) is 17.9 Å². The molecule has 0 saturated carbocycles. The first-order valence-corrected chi connectivity index (χ1v) is 5.96. The van der Waals surface area contributed by atoms with Gasteiger partial charge in [-0.05, 0) is 6.42 Å². The number of carbonyl (C=O) groups is 1. The minimum atomic E-state index is -0.958. The first-order chi connectivity index (χ1) is 7.52. The quantitative estimate of drug-likeness (QED) is 0.788. The molecule has 6 heteroatoms. The van der Waals surface area contributed by atoms with E-state index in [9.17, 15) is 15.0 Å². The van der Waals surface area contributed by atoms with Gasteiger partial charge in [-0.1, -0.05) is 11.8 Å². The fourth-order valence-electron chi connectivity index (χ4n) is 1.33. The number of nitrogens with zero attached hydrogens (tertiary/aromatic N) is 2. The molecule has 0 amide bonds. The van der Waals surface area contributed by atoms with Gasteiger partial charge in [0.25, 0.3) is 0 Å². The van der Waals surface area contributed by atoms with Crippen LogP contribution in [0, 0.1) is 0 Å². The molecule has 1 aromatic heterocycles. The predicted octanol–water partition coefficient (Wildman–Crippen LogP) is 0.484. The van der Waals surface area contributed by atoms with Gasteiger partial charge in [-0.25, -0.2) is 4.98 Å². The van der Waals surface area contributed by atoms with Crippen LogP contribution in [0.5, 0.6) is 0 Å². The van der Waals surface area contributed by atoms with E-state index >= 15 is 0 Å². The Balaban J connectivity index is 2.45. The Labute approximate surface area is 98.5 Å². The van der Waals surface area contributed by atoms with Crippen LogP contribution in [0.3, 0.4) is 0 Å². The molecule has 0 aromatic carbocycles. The van der Waals surface area contributed by atoms with Gasteiger partial charge in [0, 0.05) is 19.7 Å². The van der Waals surface area contributed by atoms with Gasteiger partial charge in [0.05, 0.1) is 24.3 Å². The summed E-state index contributed by atoms with van der Waals surface area (Å²) in [5.41, 5.74) is 0.570. The van der Waals surface area contributed by atoms with Crippen LogP contribution in [0.15, 0.2) is 12.5 Å². The number of hydrogen-bond acceptors (Lipinski definition) is 5. The van der Waals surface area contributed by atoms with E-state index < -0.39 is 12.2 Å². The Kier molecular flexibility index (Phi) is 4.98. The molecule has 0 saturated heterocycles. The topological polar surface area (TPSA) is 75.3 Å². The second kappa shape index (κ2) is 6.03. The van der Waals surface area contributed by atoms with Gasteiger partial charge in [0.15, 0.2) is 5.12 Å². The van der Waals surface area contributed by atoms with Crippen molar-refractivity contribution in [1.82, 2.24) is 9.55 Å². The molecule has 1 aromatic rings. The Hall–Kier alpha value is -0.850. The monoisotopic (exact) mass is 244 g/mol. The minimum Gasteiger partial charge on any atom is -0.390 e. The van der Waals surface area contributed by atoms with Crippen LogP contribution >= 0.6 is 11.8 Å². The number of aromatic nitrogens is 2. The second-order valence-corrected chi connectivity index (χ2v) is 4.84. The summed E-state index contributed by atoms with van der Waals surface area (Å²) in [4.78, 5) is 14.5. The van der Waals surface area contributed by atoms with Crippen LogP contribution < -0.4 is 0 Å². The van der Waals surface area contributed by atoms with Crippen molar-refractivity contribution in [2.45, 2.75) is 25.6 Å². The van der Waals surface area contributed by atoms with Gasteiger partial charge in [-0.15, -0.1) is 0 Å². The molecule has 2 atom stereocenters. The van der Waals surface area contributed by atoms with Crippen molar-refractivity contribution < 1.29 is 15.0 Å². The molecule has 0 fully saturated rings. The SMILES string of the molecule is CC(=O)SCCC(O)C(O)c1cncn1C. The van der Waals surface area contributed by atoms with Gasteiger partial charge >= 0.3 is 0 Å². The minimum absolute atomic E-state index is 0.0159. The highest BCUT2D eigenvalue weighted by molar-refractivity contribution is 8.13. The molecule has 0 aliphatic carbocycles. The Morgan fingerprint density at radius 2 is 2.31 bits per heavy atom. The molecule has 1 rings (SSSR count). The summed E-state index contributed by atoms with van der Waals surface area (Å²) in [5, 5.41) is 19.5. The van der Waals surface area contributed by atoms with Crippen molar-refractivity contribution in [3.8, 4) is 0 Å². The maximum absolute atomic E-state index is 10.7. The average Bonchev–Trinajstić information content (AvgIpc) is 2.62. The van der Waals surface area contributed by atoms with Crippen LogP contribution in [0.25, 0.3) is 0 Å². The lowest BCUT2D eigenvalue weighted by atomic mass is 10.1. The Morgan fingerprint density at radius 1 is 1.62 bits per heavy atom. The lowest BCUT2D eigenvalue weighted by Crippen LogP contribution is -2.21. The first kappa shape index (κ1) is 13.2. The normalized spacial score (nSPS) is 14.8. The molecule has 2 N–H and O–H groups in total. The van der Waals surface area contributed by atoms with Crippen LogP contribution in [0.1, 0.15) is 25.1 Å². The molecule has 2 unspecified atom stereocenters. The zero-order valence-corrected chi connectivity index (χ0v) is 10.1. The van der Waals surface area contributed by atoms with Gasteiger partial charge < -0.3 is 14.8 Å². The fraction of sp³-hybridized carbons (Fsp3) is 0.600. The maximum atomic E-state index is 10.7. The van der Waals surface area contributed by atoms with Crippen molar-refractivity contribution in [3.63, 3.8) is 0 Å². The third-order valence-corrected chi connectivity index (χ3v) is 3.09. The molecule has 90 valence electrons. The van der Waals surface area contributed by atoms with E-state index in [1.165, 1.54) is 13.1 Å². The summed E-state index contributed by atoms with van der Waals surface area (Å²) in [6.07, 6.45) is 1.63. The predicted molar refractivity (Wildman–Crippen MR) is 61.9 cm³/mol. The van der Waals surface area contributed by atoms with E-state index in [2.05, 4.69) is 4.98 Å². The summed E-state index contributed by atoms with van der Waals surface area (Å²) >= 11 is 1.15. The van der Waals surface area contributed by atoms with Gasteiger partial charge in [-0.2, -0.15) is 0 Å². The molecule has 0 aliphatic rings. The van der Waals surface area contributed by atoms with Crippen molar-refractivity contribution in [2.24, 2.45) is 7.05 Å². The lowest BCUT2D eigenvalue weighted by Gasteiger charge is -2.17. The van der Waals surface area contributed by atoms with Gasteiger partial charge in [0.1, 0.15) is 6.10 Å². The van der Waals surface area contributed by atoms with E-state index in [0.29, 0.717) is 17.9 Å². The summed E-state index contributed by atoms with van der Waals surface area (Å²) < 4.78 is 1.66. The molecule has 0 radical (unpaired) electrons. The van der Waals surface area contributed by atoms with Crippen LogP contribution in [-0.2, 0) is 11.8 Å². The van der Waals surface area contributed by atoms with Crippen molar-refractivity contribution in [3.05, 3.63) is 18.2 Å². The number of carbonyl (C=O) groups excluding carboxylic acids is 1. The third kappa shape index (κ3) is 3.62. The highest BCUT2D eigenvalue weighted by atomic mass is 32.2. The van der Waals surface area contributed by atoms with Crippen molar-refractivity contribution in [2.75, 3.05) is 5.75 Å². The number of thioether (sulfide) groups is 1. The number of rotatable bonds is 5. The zero-order valence-electron chi connectivity index (χ0n) is 9.33. The maximum Gasteiger partial charge on any atom is 0.185 e. The molecular formula is C10H16N2O3S. The average molecular weight is 244 g/mol. The molecule has 16 heavy (non-hydrogen) atoms. The molecule has 5 nitrogen and oxygen atoms in total. The second-order valence-electron chi connectivity index (χ2n) is 3.57. The van der Waals surface area contributed by atoms with Crippen LogP contribution in [0.2, 0.25) is 0 Å². The number of aliphatic hydroxyl groups is 2. The van der Waals surface area contributed by atoms with Crippen molar-refractivity contribution in [1.29, 1.82) is 0 Å². The number of aliphatic hydroxyl groups excluding tert-OH is 2. The number of imidazole rings is 1. The summed E-state index contributed by atoms with van der Waals surface area (Å²) in [6, 6.07) is 0. The molecule has 1 heterocycles. The van der Waals surface area contributed by atoms with Gasteiger partial charge in [0.2, 0.25) is 0 Å². The standard InChI is InChI=1S/C10H16N2O3S/c1-7(13)16-4-3-9(14)10(15)8-5-11-6-12(8)2/h5-6,9-10,14-15H,3-4H2,1-2H3. The Bertz CT molecular complexity index is 354. The highest BCUT2D eigenvalue weighted by Gasteiger charge is 2.20. The largest absolute Gasteiger partial charge is 0.390 e. The highest BCUT2D eigenvalue weighted by Crippen LogP contribution is 2.19.